The van der Waals surface area contributed by atoms with E-state index in [9.17, 15) is 8.94 Å². The number of hydrogen-bond acceptors (Lipinski definition) is 3. The van der Waals surface area contributed by atoms with E-state index in [2.05, 4.69) is 4.40 Å². The van der Waals surface area contributed by atoms with Crippen molar-refractivity contribution in [2.24, 2.45) is 4.40 Å². The lowest BCUT2D eigenvalue weighted by Gasteiger charge is -2.19. The Labute approximate surface area is 145 Å². The van der Waals surface area contributed by atoms with Gasteiger partial charge < -0.3 is 9.29 Å². The van der Waals surface area contributed by atoms with Crippen LogP contribution in [0.15, 0.2) is 52.9 Å². The van der Waals surface area contributed by atoms with Crippen LogP contribution in [0, 0.1) is 5.82 Å². The van der Waals surface area contributed by atoms with Gasteiger partial charge in [-0.15, -0.1) is 0 Å². The number of rotatable bonds is 5. The molecule has 2 aromatic rings. The molecular weight excluding hydrogens is 325 g/mol. The lowest BCUT2D eigenvalue weighted by atomic mass is 10.1. The van der Waals surface area contributed by atoms with Crippen molar-refractivity contribution in [3.8, 4) is 5.75 Å². The van der Waals surface area contributed by atoms with E-state index >= 15 is 0 Å². The van der Waals surface area contributed by atoms with Crippen molar-refractivity contribution in [3.05, 3.63) is 65.5 Å². The van der Waals surface area contributed by atoms with Gasteiger partial charge in [-0.1, -0.05) is 34.7 Å². The lowest BCUT2D eigenvalue weighted by molar-refractivity contribution is 0.305. The first-order valence-corrected chi connectivity index (χ1v) is 8.82. The van der Waals surface area contributed by atoms with E-state index in [1.54, 1.807) is 13.0 Å². The molecule has 0 bridgehead atoms. The van der Waals surface area contributed by atoms with Crippen molar-refractivity contribution in [2.45, 2.75) is 39.0 Å². The van der Waals surface area contributed by atoms with Gasteiger partial charge in [0.05, 0.1) is 5.71 Å². The molecule has 0 saturated heterocycles. The predicted molar refractivity (Wildman–Crippen MR) is 97.3 cm³/mol. The maximum Gasteiger partial charge on any atom is 0.144 e. The first-order chi connectivity index (χ1) is 11.3. The zero-order valence-corrected chi connectivity index (χ0v) is 15.2. The van der Waals surface area contributed by atoms with Crippen LogP contribution in [0.1, 0.15) is 38.8 Å². The second kappa shape index (κ2) is 7.81. The lowest BCUT2D eigenvalue weighted by Crippen LogP contribution is -2.26. The average Bonchev–Trinajstić information content (AvgIpc) is 2.53. The Morgan fingerprint density at radius 2 is 1.83 bits per heavy atom. The van der Waals surface area contributed by atoms with Crippen molar-refractivity contribution in [3.63, 3.8) is 0 Å². The smallest absolute Gasteiger partial charge is 0.144 e. The van der Waals surface area contributed by atoms with Crippen LogP contribution in [-0.4, -0.2) is 15.0 Å². The molecule has 0 aromatic heterocycles. The van der Waals surface area contributed by atoms with Crippen LogP contribution in [0.4, 0.5) is 4.39 Å². The van der Waals surface area contributed by atoms with E-state index in [0.717, 1.165) is 5.56 Å². The summed E-state index contributed by atoms with van der Waals surface area (Å²) in [6.45, 7) is 7.62. The minimum Gasteiger partial charge on any atom is -0.591 e. The van der Waals surface area contributed by atoms with E-state index in [0.29, 0.717) is 23.6 Å². The normalized spacial score (nSPS) is 13.7. The number of benzene rings is 2. The summed E-state index contributed by atoms with van der Waals surface area (Å²) < 4.78 is 35.4. The van der Waals surface area contributed by atoms with Crippen molar-refractivity contribution < 1.29 is 13.7 Å². The largest absolute Gasteiger partial charge is 0.591 e. The summed E-state index contributed by atoms with van der Waals surface area (Å²) in [7, 11) is 0. The number of ether oxygens (including phenoxy) is 1. The highest BCUT2D eigenvalue weighted by Crippen LogP contribution is 2.24. The van der Waals surface area contributed by atoms with Crippen LogP contribution in [0.5, 0.6) is 5.75 Å². The molecule has 0 aliphatic rings. The molecule has 0 N–H and O–H groups in total. The maximum absolute atomic E-state index is 13.7. The van der Waals surface area contributed by atoms with E-state index in [-0.39, 0.29) is 5.82 Å². The average molecular weight is 347 g/mol. The quantitative estimate of drug-likeness (QED) is 0.582. The van der Waals surface area contributed by atoms with Gasteiger partial charge in [0.2, 0.25) is 0 Å². The van der Waals surface area contributed by atoms with E-state index in [4.69, 9.17) is 4.74 Å². The second-order valence-electron chi connectivity index (χ2n) is 6.45. The summed E-state index contributed by atoms with van der Waals surface area (Å²) in [6.07, 6.45) is 0. The van der Waals surface area contributed by atoms with Crippen LogP contribution in [0.2, 0.25) is 0 Å². The van der Waals surface area contributed by atoms with Gasteiger partial charge in [0, 0.05) is 5.56 Å². The molecule has 0 radical (unpaired) electrons. The SMILES string of the molecule is CC(=N[S+]([O-])C(C)(C)C)c1cc(F)ccc1OCc1ccccc1. The van der Waals surface area contributed by atoms with Gasteiger partial charge in [-0.05, 0) is 51.5 Å². The Morgan fingerprint density at radius 3 is 2.46 bits per heavy atom. The number of nitrogens with zero attached hydrogens (tertiary/aromatic N) is 1. The third kappa shape index (κ3) is 5.08. The van der Waals surface area contributed by atoms with E-state index < -0.39 is 16.1 Å². The molecule has 0 aliphatic carbocycles. The first-order valence-electron chi connectivity index (χ1n) is 7.71. The molecule has 128 valence electrons. The second-order valence-corrected chi connectivity index (χ2v) is 8.36. The summed E-state index contributed by atoms with van der Waals surface area (Å²) in [5, 5.41) is 0. The Kier molecular flexibility index (Phi) is 6.02. The van der Waals surface area contributed by atoms with E-state index in [1.807, 2.05) is 51.1 Å². The molecular formula is C19H22FNO2S. The van der Waals surface area contributed by atoms with Gasteiger partial charge in [-0.25, -0.2) is 4.39 Å². The third-order valence-electron chi connectivity index (χ3n) is 3.31. The highest BCUT2D eigenvalue weighted by molar-refractivity contribution is 7.91. The van der Waals surface area contributed by atoms with Gasteiger partial charge in [0.15, 0.2) is 0 Å². The summed E-state index contributed by atoms with van der Waals surface area (Å²) in [5.41, 5.74) is 2.02. The fourth-order valence-corrected chi connectivity index (χ4v) is 2.58. The molecule has 1 atom stereocenters. The molecule has 0 spiro atoms. The first kappa shape index (κ1) is 18.5. The molecule has 3 nitrogen and oxygen atoms in total. The molecule has 2 aromatic carbocycles. The van der Waals surface area contributed by atoms with Crippen LogP contribution >= 0.6 is 0 Å². The van der Waals surface area contributed by atoms with Crippen molar-refractivity contribution >= 4 is 17.1 Å². The van der Waals surface area contributed by atoms with Crippen molar-refractivity contribution in [1.82, 2.24) is 0 Å². The highest BCUT2D eigenvalue weighted by Gasteiger charge is 2.27. The Morgan fingerprint density at radius 1 is 1.17 bits per heavy atom. The predicted octanol–water partition coefficient (Wildman–Crippen LogP) is 4.68. The molecule has 0 aliphatic heterocycles. The molecule has 0 saturated carbocycles. The van der Waals surface area contributed by atoms with Crippen LogP contribution in [0.25, 0.3) is 0 Å². The van der Waals surface area contributed by atoms with Gasteiger partial charge in [0.1, 0.15) is 34.3 Å². The van der Waals surface area contributed by atoms with Crippen LogP contribution < -0.4 is 4.74 Å². The Balaban J connectivity index is 2.25. The summed E-state index contributed by atoms with van der Waals surface area (Å²) in [6, 6.07) is 14.0. The molecule has 2 rings (SSSR count). The zero-order valence-electron chi connectivity index (χ0n) is 14.4. The fraction of sp³-hybridized carbons (Fsp3) is 0.316. The Hall–Kier alpha value is -1.85. The van der Waals surface area contributed by atoms with Crippen LogP contribution in [0.3, 0.4) is 0 Å². The topological polar surface area (TPSA) is 44.7 Å². The molecule has 24 heavy (non-hydrogen) atoms. The van der Waals surface area contributed by atoms with Crippen molar-refractivity contribution in [1.29, 1.82) is 0 Å². The molecule has 0 amide bonds. The summed E-state index contributed by atoms with van der Waals surface area (Å²) >= 11 is -1.41. The van der Waals surface area contributed by atoms with Gasteiger partial charge in [-0.3, -0.25) is 0 Å². The maximum atomic E-state index is 13.7. The molecule has 1 unspecified atom stereocenters. The molecule has 0 heterocycles. The molecule has 0 fully saturated rings. The minimum atomic E-state index is -1.41. The Bertz CT molecular complexity index is 711. The van der Waals surface area contributed by atoms with Gasteiger partial charge in [0.25, 0.3) is 0 Å². The monoisotopic (exact) mass is 347 g/mol. The van der Waals surface area contributed by atoms with E-state index in [1.165, 1.54) is 12.1 Å². The van der Waals surface area contributed by atoms with Gasteiger partial charge >= 0.3 is 0 Å². The number of halogens is 1. The summed E-state index contributed by atoms with van der Waals surface area (Å²) in [4.78, 5) is 0. The minimum absolute atomic E-state index is 0.370. The highest BCUT2D eigenvalue weighted by atomic mass is 32.2. The number of hydrogen-bond donors (Lipinski definition) is 0. The standard InChI is InChI=1S/C19H22FNO2S/c1-14(21-24(22)19(2,3)4)17-12-16(20)10-11-18(17)23-13-15-8-6-5-7-9-15/h5-12H,13H2,1-4H3. The van der Waals surface area contributed by atoms with Crippen LogP contribution in [-0.2, 0) is 18.0 Å². The third-order valence-corrected chi connectivity index (χ3v) is 4.80. The van der Waals surface area contributed by atoms with Gasteiger partial charge in [-0.2, -0.15) is 0 Å². The summed E-state index contributed by atoms with van der Waals surface area (Å²) in [5.74, 6) is 0.139. The fourth-order valence-electron chi connectivity index (χ4n) is 1.96. The molecule has 5 heteroatoms. The van der Waals surface area contributed by atoms with Crippen molar-refractivity contribution in [2.75, 3.05) is 0 Å². The zero-order chi connectivity index (χ0) is 17.7.